The Hall–Kier alpha value is -0.0200. The SMILES string of the molecule is O=PC[C@@H]1C2CO[C@H](O2)C2O[C@@H]21. The van der Waals surface area contributed by atoms with E-state index in [-0.39, 0.29) is 39.0 Å². The summed E-state index contributed by atoms with van der Waals surface area (Å²) in [5.74, 6) is 0.271. The Kier molecular flexibility index (Phi) is 1.53. The molecule has 3 fully saturated rings. The molecular weight excluding hydrogens is 179 g/mol. The van der Waals surface area contributed by atoms with E-state index in [4.69, 9.17) is 14.2 Å². The van der Waals surface area contributed by atoms with E-state index in [1.165, 1.54) is 0 Å². The molecule has 3 heterocycles. The van der Waals surface area contributed by atoms with Gasteiger partial charge in [-0.25, -0.2) is 0 Å². The van der Waals surface area contributed by atoms with E-state index in [1.54, 1.807) is 0 Å². The van der Waals surface area contributed by atoms with E-state index in [0.717, 1.165) is 0 Å². The first kappa shape index (κ1) is 7.39. The van der Waals surface area contributed by atoms with Gasteiger partial charge in [0.25, 0.3) is 0 Å². The Morgan fingerprint density at radius 2 is 2.25 bits per heavy atom. The van der Waals surface area contributed by atoms with E-state index in [0.29, 0.717) is 12.8 Å². The standard InChI is InChI=1S/C7H9O4P/c8-12-2-3-4-1-9-7(10-4)6-5(3)11-6/h3-7H,1-2H2/t3-,4?,5-,6?,7-/m1/s1. The molecule has 0 aromatic carbocycles. The lowest BCUT2D eigenvalue weighted by molar-refractivity contribution is -0.0867. The largest absolute Gasteiger partial charge is 0.364 e. The van der Waals surface area contributed by atoms with E-state index in [2.05, 4.69) is 0 Å². The average molecular weight is 188 g/mol. The predicted molar refractivity (Wildman–Crippen MR) is 39.2 cm³/mol. The maximum atomic E-state index is 10.5. The molecule has 66 valence electrons. The van der Waals surface area contributed by atoms with Crippen molar-refractivity contribution < 1.29 is 18.8 Å². The smallest absolute Gasteiger partial charge is 0.186 e. The highest BCUT2D eigenvalue weighted by Crippen LogP contribution is 2.45. The number of rotatable bonds is 2. The molecule has 2 bridgehead atoms. The van der Waals surface area contributed by atoms with E-state index < -0.39 is 0 Å². The molecule has 0 amide bonds. The van der Waals surface area contributed by atoms with Gasteiger partial charge in [0, 0.05) is 12.1 Å². The molecule has 0 aromatic rings. The zero-order chi connectivity index (χ0) is 8.13. The first-order chi connectivity index (χ1) is 5.90. The van der Waals surface area contributed by atoms with Gasteiger partial charge in [0.05, 0.1) is 18.8 Å². The van der Waals surface area contributed by atoms with Crippen LogP contribution in [-0.2, 0) is 18.8 Å². The topological polar surface area (TPSA) is 48.1 Å². The van der Waals surface area contributed by atoms with Crippen LogP contribution < -0.4 is 0 Å². The van der Waals surface area contributed by atoms with Crippen molar-refractivity contribution in [1.29, 1.82) is 0 Å². The van der Waals surface area contributed by atoms with Gasteiger partial charge in [0.1, 0.15) is 6.10 Å². The summed E-state index contributed by atoms with van der Waals surface area (Å²) in [4.78, 5) is 0. The number of fused-ring (bicyclic) bond motifs is 4. The van der Waals surface area contributed by atoms with E-state index in [1.807, 2.05) is 0 Å². The van der Waals surface area contributed by atoms with Crippen molar-refractivity contribution in [3.8, 4) is 0 Å². The second kappa shape index (κ2) is 2.48. The van der Waals surface area contributed by atoms with Crippen LogP contribution in [0.4, 0.5) is 0 Å². The van der Waals surface area contributed by atoms with Gasteiger partial charge in [-0.2, -0.15) is 0 Å². The molecular formula is C7H9O4P. The summed E-state index contributed by atoms with van der Waals surface area (Å²) < 4.78 is 26.7. The summed E-state index contributed by atoms with van der Waals surface area (Å²) in [6.45, 7) is 0.640. The fourth-order valence-electron chi connectivity index (χ4n) is 2.06. The predicted octanol–water partition coefficient (Wildman–Crippen LogP) is 0.417. The van der Waals surface area contributed by atoms with Crippen LogP contribution in [0.3, 0.4) is 0 Å². The van der Waals surface area contributed by atoms with Gasteiger partial charge in [-0.15, -0.1) is 0 Å². The van der Waals surface area contributed by atoms with Crippen molar-refractivity contribution in [3.05, 3.63) is 0 Å². The number of ether oxygens (including phenoxy) is 3. The fourth-order valence-corrected chi connectivity index (χ4v) is 2.67. The Labute approximate surface area is 71.4 Å². The minimum atomic E-state index is -0.139. The fraction of sp³-hybridized carbons (Fsp3) is 1.00. The minimum Gasteiger partial charge on any atom is -0.364 e. The lowest BCUT2D eigenvalue weighted by Gasteiger charge is -2.21. The van der Waals surface area contributed by atoms with Crippen molar-refractivity contribution in [2.75, 3.05) is 12.8 Å². The molecule has 5 atom stereocenters. The summed E-state index contributed by atoms with van der Waals surface area (Å²) in [5.41, 5.74) is 0. The molecule has 3 aliphatic heterocycles. The minimum absolute atomic E-state index is 0.111. The highest BCUT2D eigenvalue weighted by Gasteiger charge is 2.61. The maximum absolute atomic E-state index is 10.5. The molecule has 0 saturated carbocycles. The third-order valence-corrected chi connectivity index (χ3v) is 3.32. The average Bonchev–Trinajstić information content (AvgIpc) is 2.75. The second-order valence-corrected chi connectivity index (χ2v) is 4.04. The third kappa shape index (κ3) is 0.895. The summed E-state index contributed by atoms with van der Waals surface area (Å²) in [6, 6.07) is 0. The van der Waals surface area contributed by atoms with Crippen LogP contribution in [0.2, 0.25) is 0 Å². The number of hydrogen-bond acceptors (Lipinski definition) is 4. The Balaban J connectivity index is 1.80. The normalized spacial score (nSPS) is 55.5. The van der Waals surface area contributed by atoms with Gasteiger partial charge in [0.15, 0.2) is 14.8 Å². The van der Waals surface area contributed by atoms with Crippen LogP contribution in [0.25, 0.3) is 0 Å². The van der Waals surface area contributed by atoms with Gasteiger partial charge >= 0.3 is 0 Å². The molecule has 0 spiro atoms. The maximum Gasteiger partial charge on any atom is 0.186 e. The van der Waals surface area contributed by atoms with Gasteiger partial charge < -0.3 is 14.2 Å². The number of hydrogen-bond donors (Lipinski definition) is 0. The highest BCUT2D eigenvalue weighted by molar-refractivity contribution is 7.23. The molecule has 2 unspecified atom stereocenters. The van der Waals surface area contributed by atoms with Crippen LogP contribution in [-0.4, -0.2) is 37.4 Å². The van der Waals surface area contributed by atoms with Crippen LogP contribution in [0.1, 0.15) is 0 Å². The van der Waals surface area contributed by atoms with Crippen LogP contribution in [0.5, 0.6) is 0 Å². The van der Waals surface area contributed by atoms with Crippen LogP contribution in [0, 0.1) is 5.92 Å². The van der Waals surface area contributed by atoms with Gasteiger partial charge in [-0.3, -0.25) is 4.57 Å². The highest BCUT2D eigenvalue weighted by atomic mass is 31.1. The zero-order valence-electron chi connectivity index (χ0n) is 6.38. The van der Waals surface area contributed by atoms with E-state index in [9.17, 15) is 4.57 Å². The van der Waals surface area contributed by atoms with Gasteiger partial charge in [-0.05, 0) is 0 Å². The summed E-state index contributed by atoms with van der Waals surface area (Å²) in [5, 5.41) is 0. The van der Waals surface area contributed by atoms with Crippen molar-refractivity contribution in [2.45, 2.75) is 24.6 Å². The first-order valence-electron chi connectivity index (χ1n) is 4.12. The quantitative estimate of drug-likeness (QED) is 0.465. The Morgan fingerprint density at radius 1 is 1.33 bits per heavy atom. The van der Waals surface area contributed by atoms with Crippen molar-refractivity contribution in [2.24, 2.45) is 5.92 Å². The molecule has 12 heavy (non-hydrogen) atoms. The molecule has 0 radical (unpaired) electrons. The zero-order valence-corrected chi connectivity index (χ0v) is 7.28. The first-order valence-corrected chi connectivity index (χ1v) is 5.11. The molecule has 5 heteroatoms. The molecule has 4 nitrogen and oxygen atoms in total. The van der Waals surface area contributed by atoms with Crippen LogP contribution >= 0.6 is 8.46 Å². The summed E-state index contributed by atoms with van der Waals surface area (Å²) >= 11 is 0. The third-order valence-electron chi connectivity index (χ3n) is 2.75. The van der Waals surface area contributed by atoms with Crippen molar-refractivity contribution in [1.82, 2.24) is 0 Å². The van der Waals surface area contributed by atoms with Gasteiger partial charge in [0.2, 0.25) is 0 Å². The lowest BCUT2D eigenvalue weighted by atomic mass is 9.97. The van der Waals surface area contributed by atoms with Gasteiger partial charge in [-0.1, -0.05) is 0 Å². The Morgan fingerprint density at radius 3 is 3.08 bits per heavy atom. The lowest BCUT2D eigenvalue weighted by Crippen LogP contribution is -2.36. The molecule has 0 aromatic heterocycles. The molecule has 3 saturated heterocycles. The van der Waals surface area contributed by atoms with Crippen molar-refractivity contribution in [3.63, 3.8) is 0 Å². The van der Waals surface area contributed by atoms with Crippen molar-refractivity contribution >= 4 is 8.46 Å². The monoisotopic (exact) mass is 188 g/mol. The second-order valence-electron chi connectivity index (χ2n) is 3.42. The van der Waals surface area contributed by atoms with Crippen LogP contribution in [0.15, 0.2) is 0 Å². The summed E-state index contributed by atoms with van der Waals surface area (Å²) in [7, 11) is 0.177. The molecule has 0 aliphatic carbocycles. The molecule has 3 rings (SSSR count). The number of epoxide rings is 1. The van der Waals surface area contributed by atoms with E-state index >= 15 is 0 Å². The summed E-state index contributed by atoms with van der Waals surface area (Å²) in [6.07, 6.45) is 0.968. The molecule has 0 N–H and O–H groups in total. The molecule has 3 aliphatic rings. The Bertz CT molecular complexity index is 221.